The Morgan fingerprint density at radius 3 is 2.47 bits per heavy atom. The van der Waals surface area contributed by atoms with Crippen LogP contribution in [-0.2, 0) is 21.2 Å². The van der Waals surface area contributed by atoms with Crippen LogP contribution < -0.4 is 14.4 Å². The van der Waals surface area contributed by atoms with Gasteiger partial charge in [0.15, 0.2) is 0 Å². The fraction of sp³-hybridized carbons (Fsp3) is 0.348. The Hall–Kier alpha value is -2.80. The van der Waals surface area contributed by atoms with Crippen LogP contribution in [0.4, 0.5) is 5.69 Å². The average Bonchev–Trinajstić information content (AvgIpc) is 3.10. The number of nitrogens with one attached hydrogen (secondary N) is 1. The van der Waals surface area contributed by atoms with Gasteiger partial charge in [-0.25, -0.2) is 8.42 Å². The topological polar surface area (TPSA) is 75.7 Å². The first-order valence-corrected chi connectivity index (χ1v) is 11.7. The van der Waals surface area contributed by atoms with Crippen LogP contribution in [0, 0.1) is 0 Å². The first kappa shape index (κ1) is 21.9. The second-order valence-electron chi connectivity index (χ2n) is 7.46. The molecule has 0 bridgehead atoms. The summed E-state index contributed by atoms with van der Waals surface area (Å²) in [4.78, 5) is 12.2. The zero-order valence-electron chi connectivity index (χ0n) is 17.4. The fourth-order valence-corrected chi connectivity index (χ4v) is 4.96. The SMILES string of the molecule is COc1ccc(CCC(C)NC(=O)/C=C/c2ccc(N3CCCS3(=O)=O)cc2)cc1. The molecule has 1 unspecified atom stereocenters. The van der Waals surface area contributed by atoms with Crippen LogP contribution in [0.2, 0.25) is 0 Å². The Labute approximate surface area is 178 Å². The van der Waals surface area contributed by atoms with E-state index in [1.54, 1.807) is 25.3 Å². The van der Waals surface area contributed by atoms with Gasteiger partial charge in [0.2, 0.25) is 15.9 Å². The molecule has 1 aliphatic rings. The lowest BCUT2D eigenvalue weighted by Gasteiger charge is -2.16. The molecule has 7 heteroatoms. The standard InChI is InChI=1S/C23H28N2O4S/c1-18(4-5-19-8-13-22(29-2)14-9-19)24-23(26)15-10-20-6-11-21(12-7-20)25-16-3-17-30(25,27)28/h6-15,18H,3-5,16-17H2,1-2H3,(H,24,26)/b15-10+. The van der Waals surface area contributed by atoms with E-state index in [2.05, 4.69) is 5.32 Å². The summed E-state index contributed by atoms with van der Waals surface area (Å²) in [5.74, 6) is 0.884. The lowest BCUT2D eigenvalue weighted by molar-refractivity contribution is -0.117. The van der Waals surface area contributed by atoms with Gasteiger partial charge in [-0.15, -0.1) is 0 Å². The van der Waals surface area contributed by atoms with Crippen molar-refractivity contribution in [3.05, 3.63) is 65.7 Å². The van der Waals surface area contributed by atoms with Crippen molar-refractivity contribution >= 4 is 27.7 Å². The highest BCUT2D eigenvalue weighted by atomic mass is 32.2. The van der Waals surface area contributed by atoms with Crippen molar-refractivity contribution in [2.24, 2.45) is 0 Å². The third-order valence-corrected chi connectivity index (χ3v) is 6.99. The first-order chi connectivity index (χ1) is 14.4. The quantitative estimate of drug-likeness (QED) is 0.654. The molecular weight excluding hydrogens is 400 g/mol. The lowest BCUT2D eigenvalue weighted by Crippen LogP contribution is -2.31. The summed E-state index contributed by atoms with van der Waals surface area (Å²) in [5, 5.41) is 2.97. The van der Waals surface area contributed by atoms with E-state index >= 15 is 0 Å². The molecule has 30 heavy (non-hydrogen) atoms. The summed E-state index contributed by atoms with van der Waals surface area (Å²) >= 11 is 0. The number of hydrogen-bond donors (Lipinski definition) is 1. The predicted molar refractivity (Wildman–Crippen MR) is 120 cm³/mol. The molecule has 160 valence electrons. The maximum atomic E-state index is 12.2. The summed E-state index contributed by atoms with van der Waals surface area (Å²) in [7, 11) is -1.53. The van der Waals surface area contributed by atoms with Crippen molar-refractivity contribution in [1.29, 1.82) is 0 Å². The number of rotatable bonds is 8. The number of hydrogen-bond acceptors (Lipinski definition) is 4. The zero-order chi connectivity index (χ0) is 21.6. The van der Waals surface area contributed by atoms with Gasteiger partial charge in [0.05, 0.1) is 18.6 Å². The van der Waals surface area contributed by atoms with Gasteiger partial charge in [-0.3, -0.25) is 9.10 Å². The average molecular weight is 429 g/mol. The summed E-state index contributed by atoms with van der Waals surface area (Å²) < 4.78 is 30.6. The summed E-state index contributed by atoms with van der Waals surface area (Å²) in [5.41, 5.74) is 2.71. The molecule has 2 aromatic carbocycles. The van der Waals surface area contributed by atoms with E-state index in [1.807, 2.05) is 43.3 Å². The maximum absolute atomic E-state index is 12.2. The van der Waals surface area contributed by atoms with Crippen LogP contribution in [0.25, 0.3) is 6.08 Å². The molecule has 1 atom stereocenters. The van der Waals surface area contributed by atoms with Gasteiger partial charge in [-0.1, -0.05) is 24.3 Å². The lowest BCUT2D eigenvalue weighted by atomic mass is 10.1. The van der Waals surface area contributed by atoms with Crippen LogP contribution in [-0.4, -0.2) is 39.8 Å². The Balaban J connectivity index is 1.47. The third-order valence-electron chi connectivity index (χ3n) is 5.12. The third kappa shape index (κ3) is 5.86. The number of ether oxygens (including phenoxy) is 1. The van der Waals surface area contributed by atoms with Crippen LogP contribution in [0.15, 0.2) is 54.6 Å². The normalized spacial score (nSPS) is 16.5. The van der Waals surface area contributed by atoms with Gasteiger partial charge < -0.3 is 10.1 Å². The van der Waals surface area contributed by atoms with Crippen molar-refractivity contribution in [2.75, 3.05) is 23.7 Å². The number of methoxy groups -OCH3 is 1. The van der Waals surface area contributed by atoms with Crippen molar-refractivity contribution in [2.45, 2.75) is 32.2 Å². The second kappa shape index (κ2) is 9.80. The Morgan fingerprint density at radius 2 is 1.87 bits per heavy atom. The van der Waals surface area contributed by atoms with Crippen molar-refractivity contribution in [3.8, 4) is 5.75 Å². The van der Waals surface area contributed by atoms with E-state index in [-0.39, 0.29) is 17.7 Å². The summed E-state index contributed by atoms with van der Waals surface area (Å²) in [6.45, 7) is 2.51. The van der Waals surface area contributed by atoms with Crippen molar-refractivity contribution < 1.29 is 17.9 Å². The number of aryl methyl sites for hydroxylation is 1. The maximum Gasteiger partial charge on any atom is 0.244 e. The van der Waals surface area contributed by atoms with Gasteiger partial charge >= 0.3 is 0 Å². The number of amides is 1. The Kier molecular flexibility index (Phi) is 7.15. The smallest absolute Gasteiger partial charge is 0.244 e. The number of benzene rings is 2. The molecular formula is C23H28N2O4S. The molecule has 1 N–H and O–H groups in total. The molecule has 0 aliphatic carbocycles. The molecule has 1 amide bonds. The fourth-order valence-electron chi connectivity index (χ4n) is 3.39. The van der Waals surface area contributed by atoms with Crippen molar-refractivity contribution in [3.63, 3.8) is 0 Å². The van der Waals surface area contributed by atoms with E-state index < -0.39 is 10.0 Å². The molecule has 3 rings (SSSR count). The molecule has 1 heterocycles. The number of nitrogens with zero attached hydrogens (tertiary/aromatic N) is 1. The van der Waals surface area contributed by atoms with Crippen LogP contribution >= 0.6 is 0 Å². The predicted octanol–water partition coefficient (Wildman–Crippen LogP) is 3.39. The van der Waals surface area contributed by atoms with Crippen LogP contribution in [0.5, 0.6) is 5.75 Å². The molecule has 0 saturated carbocycles. The van der Waals surface area contributed by atoms with E-state index in [1.165, 1.54) is 15.9 Å². The number of carbonyl (C=O) groups excluding carboxylic acids is 1. The van der Waals surface area contributed by atoms with Crippen LogP contribution in [0.1, 0.15) is 30.9 Å². The van der Waals surface area contributed by atoms with Crippen molar-refractivity contribution in [1.82, 2.24) is 5.32 Å². The van der Waals surface area contributed by atoms with Gasteiger partial charge in [0.1, 0.15) is 5.75 Å². The molecule has 1 saturated heterocycles. The molecule has 6 nitrogen and oxygen atoms in total. The van der Waals surface area contributed by atoms with E-state index in [9.17, 15) is 13.2 Å². The first-order valence-electron chi connectivity index (χ1n) is 10.1. The molecule has 1 fully saturated rings. The highest BCUT2D eigenvalue weighted by Crippen LogP contribution is 2.24. The highest BCUT2D eigenvalue weighted by Gasteiger charge is 2.28. The minimum Gasteiger partial charge on any atom is -0.497 e. The van der Waals surface area contributed by atoms with Gasteiger partial charge in [-0.05, 0) is 67.7 Å². The monoisotopic (exact) mass is 428 g/mol. The Bertz CT molecular complexity index is 983. The minimum absolute atomic E-state index is 0.0481. The zero-order valence-corrected chi connectivity index (χ0v) is 18.2. The van der Waals surface area contributed by atoms with Gasteiger partial charge in [0, 0.05) is 18.7 Å². The molecule has 0 aromatic heterocycles. The molecule has 1 aliphatic heterocycles. The molecule has 0 spiro atoms. The van der Waals surface area contributed by atoms with Gasteiger partial charge in [0.25, 0.3) is 0 Å². The summed E-state index contributed by atoms with van der Waals surface area (Å²) in [6, 6.07) is 15.2. The van der Waals surface area contributed by atoms with E-state index in [0.717, 1.165) is 24.2 Å². The molecule has 2 aromatic rings. The number of carbonyl (C=O) groups is 1. The second-order valence-corrected chi connectivity index (χ2v) is 9.48. The Morgan fingerprint density at radius 1 is 1.17 bits per heavy atom. The van der Waals surface area contributed by atoms with E-state index in [0.29, 0.717) is 18.7 Å². The number of sulfonamides is 1. The van der Waals surface area contributed by atoms with E-state index in [4.69, 9.17) is 4.74 Å². The molecule has 0 radical (unpaired) electrons. The van der Waals surface area contributed by atoms with Crippen LogP contribution in [0.3, 0.4) is 0 Å². The minimum atomic E-state index is -3.18. The highest BCUT2D eigenvalue weighted by molar-refractivity contribution is 7.93. The number of anilines is 1. The van der Waals surface area contributed by atoms with Gasteiger partial charge in [-0.2, -0.15) is 0 Å². The largest absolute Gasteiger partial charge is 0.497 e. The summed E-state index contributed by atoms with van der Waals surface area (Å²) in [6.07, 6.45) is 5.60.